The highest BCUT2D eigenvalue weighted by Crippen LogP contribution is 2.11. The summed E-state index contributed by atoms with van der Waals surface area (Å²) >= 11 is 0. The Bertz CT molecular complexity index is 549. The first-order valence-electron chi connectivity index (χ1n) is 4.42. The molecule has 0 bridgehead atoms. The van der Waals surface area contributed by atoms with Gasteiger partial charge in [-0.1, -0.05) is 0 Å². The molecule has 0 fully saturated rings. The number of phenols is 1. The van der Waals surface area contributed by atoms with Crippen molar-refractivity contribution in [2.45, 2.75) is 0 Å². The van der Waals surface area contributed by atoms with Crippen molar-refractivity contribution in [3.05, 3.63) is 41.1 Å². The van der Waals surface area contributed by atoms with E-state index in [1.54, 1.807) is 12.1 Å². The van der Waals surface area contributed by atoms with Crippen LogP contribution in [0.5, 0.6) is 5.75 Å². The lowest BCUT2D eigenvalue weighted by molar-refractivity contribution is 0.475. The Labute approximate surface area is 90.2 Å². The number of phenolic OH excluding ortho intramolecular Hbond substituents is 1. The molecule has 0 radical (unpaired) electrons. The van der Waals surface area contributed by atoms with Crippen LogP contribution in [0.3, 0.4) is 0 Å². The normalized spacial score (nSPS) is 10.1. The maximum Gasteiger partial charge on any atom is 0.356 e. The van der Waals surface area contributed by atoms with E-state index in [0.29, 0.717) is 5.69 Å². The predicted molar refractivity (Wildman–Crippen MR) is 57.1 cm³/mol. The van der Waals surface area contributed by atoms with E-state index in [2.05, 4.69) is 15.4 Å². The molecular weight excluding hydrogens is 210 g/mol. The number of nitrogens with one attached hydrogen (secondary N) is 1. The summed E-state index contributed by atoms with van der Waals surface area (Å²) in [5, 5.41) is 9.11. The number of hydrazine groups is 1. The Kier molecular flexibility index (Phi) is 2.52. The molecule has 0 amide bonds. The number of nitrogens with zero attached hydrogens (tertiary/aromatic N) is 3. The van der Waals surface area contributed by atoms with Gasteiger partial charge in [-0.25, -0.2) is 15.6 Å². The summed E-state index contributed by atoms with van der Waals surface area (Å²) in [6, 6.07) is 6.10. The molecule has 2 rings (SSSR count). The topological polar surface area (TPSA) is 106 Å². The van der Waals surface area contributed by atoms with Crippen molar-refractivity contribution >= 4 is 5.95 Å². The number of aromatic nitrogens is 3. The average Bonchev–Trinajstić information content (AvgIpc) is 2.30. The summed E-state index contributed by atoms with van der Waals surface area (Å²) in [6.45, 7) is 0. The molecule has 4 N–H and O–H groups in total. The molecule has 1 aromatic carbocycles. The third-order valence-corrected chi connectivity index (χ3v) is 1.96. The minimum Gasteiger partial charge on any atom is -0.508 e. The molecule has 0 aliphatic carbocycles. The number of rotatable bonds is 2. The van der Waals surface area contributed by atoms with Crippen LogP contribution >= 0.6 is 0 Å². The van der Waals surface area contributed by atoms with Crippen molar-refractivity contribution in [2.24, 2.45) is 5.84 Å². The standard InChI is InChI=1S/C9H9N5O2/c10-13-8-11-5-14(9(16)12-8)6-1-3-7(15)4-2-6/h1-5,15H,10H2,(H,12,13,16). The minimum atomic E-state index is -0.506. The number of nitrogens with two attached hydrogens (primary N) is 1. The molecule has 2 aromatic rings. The second-order valence-electron chi connectivity index (χ2n) is 2.99. The molecule has 7 nitrogen and oxygen atoms in total. The van der Waals surface area contributed by atoms with Crippen LogP contribution in [-0.2, 0) is 0 Å². The van der Waals surface area contributed by atoms with Crippen molar-refractivity contribution in [3.63, 3.8) is 0 Å². The molecule has 0 unspecified atom stereocenters. The van der Waals surface area contributed by atoms with E-state index in [1.165, 1.54) is 23.0 Å². The quantitative estimate of drug-likeness (QED) is 0.469. The molecule has 7 heteroatoms. The fourth-order valence-electron chi connectivity index (χ4n) is 1.20. The van der Waals surface area contributed by atoms with E-state index >= 15 is 0 Å². The summed E-state index contributed by atoms with van der Waals surface area (Å²) in [5.74, 6) is 5.25. The van der Waals surface area contributed by atoms with Gasteiger partial charge in [-0.3, -0.25) is 9.99 Å². The molecule has 0 atom stereocenters. The largest absolute Gasteiger partial charge is 0.508 e. The number of hydrogen-bond donors (Lipinski definition) is 3. The van der Waals surface area contributed by atoms with Gasteiger partial charge in [0.05, 0.1) is 5.69 Å². The van der Waals surface area contributed by atoms with E-state index < -0.39 is 5.69 Å². The van der Waals surface area contributed by atoms with E-state index in [9.17, 15) is 4.79 Å². The third-order valence-electron chi connectivity index (χ3n) is 1.96. The van der Waals surface area contributed by atoms with Crippen molar-refractivity contribution in [1.29, 1.82) is 0 Å². The first-order valence-corrected chi connectivity index (χ1v) is 4.42. The van der Waals surface area contributed by atoms with Crippen LogP contribution in [-0.4, -0.2) is 19.6 Å². The summed E-state index contributed by atoms with van der Waals surface area (Å²) in [5.41, 5.74) is 2.24. The van der Waals surface area contributed by atoms with Gasteiger partial charge in [0.15, 0.2) is 0 Å². The lowest BCUT2D eigenvalue weighted by atomic mass is 10.3. The maximum atomic E-state index is 11.5. The number of nitrogen functional groups attached to an aromatic ring is 1. The van der Waals surface area contributed by atoms with Gasteiger partial charge in [-0.2, -0.15) is 4.98 Å². The zero-order valence-corrected chi connectivity index (χ0v) is 8.16. The van der Waals surface area contributed by atoms with Crippen LogP contribution < -0.4 is 17.0 Å². The average molecular weight is 219 g/mol. The molecule has 82 valence electrons. The summed E-state index contributed by atoms with van der Waals surface area (Å²) in [6.07, 6.45) is 1.30. The summed E-state index contributed by atoms with van der Waals surface area (Å²) in [7, 11) is 0. The molecule has 16 heavy (non-hydrogen) atoms. The Hall–Kier alpha value is -2.41. The highest BCUT2D eigenvalue weighted by atomic mass is 16.3. The van der Waals surface area contributed by atoms with Gasteiger partial charge < -0.3 is 5.11 Å². The Morgan fingerprint density at radius 2 is 2.00 bits per heavy atom. The molecule has 0 spiro atoms. The van der Waals surface area contributed by atoms with E-state index in [0.717, 1.165) is 0 Å². The lowest BCUT2D eigenvalue weighted by Gasteiger charge is -2.04. The fourth-order valence-corrected chi connectivity index (χ4v) is 1.20. The van der Waals surface area contributed by atoms with Gasteiger partial charge in [0, 0.05) is 0 Å². The first kappa shape index (κ1) is 10.1. The van der Waals surface area contributed by atoms with Gasteiger partial charge in [-0.15, -0.1) is 0 Å². The number of anilines is 1. The molecule has 1 heterocycles. The van der Waals surface area contributed by atoms with E-state index in [4.69, 9.17) is 10.9 Å². The van der Waals surface area contributed by atoms with Crippen LogP contribution in [0.4, 0.5) is 5.95 Å². The highest BCUT2D eigenvalue weighted by molar-refractivity contribution is 5.36. The molecule has 0 aliphatic heterocycles. The zero-order chi connectivity index (χ0) is 11.5. The number of aromatic hydroxyl groups is 1. The first-order chi connectivity index (χ1) is 7.70. The lowest BCUT2D eigenvalue weighted by Crippen LogP contribution is -2.24. The minimum absolute atomic E-state index is 0.0556. The van der Waals surface area contributed by atoms with Crippen LogP contribution in [0, 0.1) is 0 Å². The summed E-state index contributed by atoms with van der Waals surface area (Å²) in [4.78, 5) is 18.9. The Balaban J connectivity index is 2.48. The SMILES string of the molecule is NNc1ncn(-c2ccc(O)cc2)c(=O)n1. The smallest absolute Gasteiger partial charge is 0.356 e. The Morgan fingerprint density at radius 1 is 1.31 bits per heavy atom. The van der Waals surface area contributed by atoms with Crippen molar-refractivity contribution in [3.8, 4) is 11.4 Å². The van der Waals surface area contributed by atoms with Crippen molar-refractivity contribution in [1.82, 2.24) is 14.5 Å². The van der Waals surface area contributed by atoms with E-state index in [1.807, 2.05) is 0 Å². The summed E-state index contributed by atoms with van der Waals surface area (Å²) < 4.78 is 1.24. The molecule has 0 saturated heterocycles. The van der Waals surface area contributed by atoms with Crippen LogP contribution in [0.1, 0.15) is 0 Å². The fraction of sp³-hybridized carbons (Fsp3) is 0. The van der Waals surface area contributed by atoms with Crippen molar-refractivity contribution in [2.75, 3.05) is 5.43 Å². The van der Waals surface area contributed by atoms with Crippen LogP contribution in [0.25, 0.3) is 5.69 Å². The van der Waals surface area contributed by atoms with Crippen LogP contribution in [0.15, 0.2) is 35.4 Å². The molecule has 0 saturated carbocycles. The Morgan fingerprint density at radius 3 is 2.56 bits per heavy atom. The third kappa shape index (κ3) is 1.84. The van der Waals surface area contributed by atoms with Crippen LogP contribution in [0.2, 0.25) is 0 Å². The van der Waals surface area contributed by atoms with Crippen molar-refractivity contribution < 1.29 is 5.11 Å². The van der Waals surface area contributed by atoms with Gasteiger partial charge in [0.2, 0.25) is 5.95 Å². The number of benzene rings is 1. The zero-order valence-electron chi connectivity index (χ0n) is 8.16. The van der Waals surface area contributed by atoms with Gasteiger partial charge >= 0.3 is 5.69 Å². The van der Waals surface area contributed by atoms with Gasteiger partial charge in [0.25, 0.3) is 0 Å². The maximum absolute atomic E-state index is 11.5. The molecule has 1 aromatic heterocycles. The number of hydrogen-bond acceptors (Lipinski definition) is 6. The highest BCUT2D eigenvalue weighted by Gasteiger charge is 2.02. The van der Waals surface area contributed by atoms with E-state index in [-0.39, 0.29) is 11.7 Å². The second-order valence-corrected chi connectivity index (χ2v) is 2.99. The monoisotopic (exact) mass is 219 g/mol. The molecular formula is C9H9N5O2. The molecule has 0 aliphatic rings. The predicted octanol–water partition coefficient (Wildman–Crippen LogP) is -0.381. The van der Waals surface area contributed by atoms with Gasteiger partial charge in [-0.05, 0) is 24.3 Å². The van der Waals surface area contributed by atoms with Gasteiger partial charge in [0.1, 0.15) is 12.1 Å². The second kappa shape index (κ2) is 3.99.